The lowest BCUT2D eigenvalue weighted by atomic mass is 10.2. The molecule has 3 N–H and O–H groups in total. The van der Waals surface area contributed by atoms with Gasteiger partial charge in [-0.15, -0.1) is 0 Å². The monoisotopic (exact) mass is 162 g/mol. The summed E-state index contributed by atoms with van der Waals surface area (Å²) < 4.78 is 4.70. The third-order valence-corrected chi connectivity index (χ3v) is 1.08. The van der Waals surface area contributed by atoms with Gasteiger partial charge in [0.15, 0.2) is 0 Å². The Morgan fingerprint density at radius 1 is 1.45 bits per heavy atom. The van der Waals surface area contributed by atoms with Gasteiger partial charge in [-0.1, -0.05) is 0 Å². The Morgan fingerprint density at radius 3 is 2.55 bits per heavy atom. The molecule has 1 unspecified atom stereocenters. The van der Waals surface area contributed by atoms with E-state index in [1.165, 1.54) is 19.3 Å². The molecule has 0 fully saturated rings. The highest BCUT2D eigenvalue weighted by molar-refractivity contribution is 4.85. The minimum Gasteiger partial charge on any atom is -0.499 e. The summed E-state index contributed by atoms with van der Waals surface area (Å²) in [5.74, 6) is 0. The second kappa shape index (κ2) is 6.15. The van der Waals surface area contributed by atoms with Crippen LogP contribution in [0.25, 0.3) is 0 Å². The van der Waals surface area contributed by atoms with Crippen LogP contribution in [0.5, 0.6) is 0 Å². The standard InChI is InChI=1S/C7H14O4/c1-6(9)7(10)2-4-11-5-3-8/h2,4,6-10H,3,5H2,1H3/b4-2-/t6-,7?/m1/s1. The molecule has 4 nitrogen and oxygen atoms in total. The fraction of sp³-hybridized carbons (Fsp3) is 0.714. The van der Waals surface area contributed by atoms with E-state index in [1.807, 2.05) is 0 Å². The molecule has 0 heterocycles. The third-order valence-electron chi connectivity index (χ3n) is 1.08. The van der Waals surface area contributed by atoms with E-state index in [1.54, 1.807) is 0 Å². The minimum atomic E-state index is -0.909. The first-order valence-electron chi connectivity index (χ1n) is 3.43. The molecular weight excluding hydrogens is 148 g/mol. The highest BCUT2D eigenvalue weighted by atomic mass is 16.5. The van der Waals surface area contributed by atoms with Gasteiger partial charge in [0.05, 0.1) is 19.0 Å². The van der Waals surface area contributed by atoms with Crippen LogP contribution in [0, 0.1) is 0 Å². The van der Waals surface area contributed by atoms with Gasteiger partial charge in [0.25, 0.3) is 0 Å². The summed E-state index contributed by atoms with van der Waals surface area (Å²) in [6, 6.07) is 0. The number of hydrogen-bond donors (Lipinski definition) is 3. The Labute approximate surface area is 65.7 Å². The zero-order valence-corrected chi connectivity index (χ0v) is 6.47. The molecule has 66 valence electrons. The van der Waals surface area contributed by atoms with Crippen LogP contribution in [-0.4, -0.2) is 40.7 Å². The van der Waals surface area contributed by atoms with E-state index in [4.69, 9.17) is 20.1 Å². The van der Waals surface area contributed by atoms with Crippen LogP contribution in [0.3, 0.4) is 0 Å². The fourth-order valence-corrected chi connectivity index (χ4v) is 0.418. The van der Waals surface area contributed by atoms with Crippen LogP contribution >= 0.6 is 0 Å². The average molecular weight is 162 g/mol. The molecule has 0 aliphatic rings. The lowest BCUT2D eigenvalue weighted by Gasteiger charge is -2.07. The van der Waals surface area contributed by atoms with E-state index < -0.39 is 12.2 Å². The number of aliphatic hydroxyl groups is 3. The van der Waals surface area contributed by atoms with E-state index in [9.17, 15) is 0 Å². The Hall–Kier alpha value is -0.580. The Balaban J connectivity index is 3.40. The molecule has 0 aliphatic carbocycles. The van der Waals surface area contributed by atoms with Crippen LogP contribution in [0.1, 0.15) is 6.92 Å². The van der Waals surface area contributed by atoms with Crippen molar-refractivity contribution < 1.29 is 20.1 Å². The predicted molar refractivity (Wildman–Crippen MR) is 39.9 cm³/mol. The summed E-state index contributed by atoms with van der Waals surface area (Å²) in [7, 11) is 0. The molecule has 0 aromatic carbocycles. The molecule has 0 spiro atoms. The average Bonchev–Trinajstić information content (AvgIpc) is 1.97. The summed E-state index contributed by atoms with van der Waals surface area (Å²) in [6.07, 6.45) is 0.867. The van der Waals surface area contributed by atoms with E-state index in [-0.39, 0.29) is 13.2 Å². The molecule has 0 saturated carbocycles. The van der Waals surface area contributed by atoms with Crippen molar-refractivity contribution in [3.05, 3.63) is 12.3 Å². The first kappa shape index (κ1) is 10.4. The van der Waals surface area contributed by atoms with E-state index in [0.29, 0.717) is 0 Å². The topological polar surface area (TPSA) is 69.9 Å². The molecule has 0 bridgehead atoms. The maximum Gasteiger partial charge on any atom is 0.110 e. The van der Waals surface area contributed by atoms with Crippen LogP contribution in [0.15, 0.2) is 12.3 Å². The van der Waals surface area contributed by atoms with E-state index in [0.717, 1.165) is 0 Å². The molecule has 0 aliphatic heterocycles. The molecule has 0 radical (unpaired) electrons. The summed E-state index contributed by atoms with van der Waals surface area (Å²) in [4.78, 5) is 0. The number of rotatable bonds is 5. The summed E-state index contributed by atoms with van der Waals surface area (Å²) in [5.41, 5.74) is 0. The normalized spacial score (nSPS) is 16.7. The molecule has 0 aromatic rings. The van der Waals surface area contributed by atoms with Crippen LogP contribution in [0.4, 0.5) is 0 Å². The lowest BCUT2D eigenvalue weighted by Crippen LogP contribution is -2.19. The number of hydrogen-bond acceptors (Lipinski definition) is 4. The van der Waals surface area contributed by atoms with Crippen molar-refractivity contribution in [1.29, 1.82) is 0 Å². The number of aliphatic hydroxyl groups excluding tert-OH is 3. The van der Waals surface area contributed by atoms with Crippen molar-refractivity contribution in [2.75, 3.05) is 13.2 Å². The van der Waals surface area contributed by atoms with Crippen molar-refractivity contribution in [2.45, 2.75) is 19.1 Å². The largest absolute Gasteiger partial charge is 0.499 e. The van der Waals surface area contributed by atoms with Crippen molar-refractivity contribution in [3.63, 3.8) is 0 Å². The second-order valence-corrected chi connectivity index (χ2v) is 2.15. The minimum absolute atomic E-state index is 0.0604. The van der Waals surface area contributed by atoms with Crippen LogP contribution in [0.2, 0.25) is 0 Å². The van der Waals surface area contributed by atoms with Gasteiger partial charge in [0, 0.05) is 0 Å². The van der Waals surface area contributed by atoms with Crippen molar-refractivity contribution in [1.82, 2.24) is 0 Å². The molecule has 0 saturated heterocycles. The molecule has 2 atom stereocenters. The zero-order chi connectivity index (χ0) is 8.69. The van der Waals surface area contributed by atoms with Gasteiger partial charge in [0.1, 0.15) is 12.7 Å². The van der Waals surface area contributed by atoms with Gasteiger partial charge in [-0.2, -0.15) is 0 Å². The zero-order valence-electron chi connectivity index (χ0n) is 6.47. The maximum atomic E-state index is 8.95. The quantitative estimate of drug-likeness (QED) is 0.367. The molecule has 11 heavy (non-hydrogen) atoms. The van der Waals surface area contributed by atoms with Gasteiger partial charge in [-0.05, 0) is 13.0 Å². The molecule has 0 rings (SSSR count). The summed E-state index contributed by atoms with van der Waals surface area (Å²) in [6.45, 7) is 1.61. The van der Waals surface area contributed by atoms with Crippen molar-refractivity contribution in [2.24, 2.45) is 0 Å². The molecular formula is C7H14O4. The van der Waals surface area contributed by atoms with Gasteiger partial charge in [0.2, 0.25) is 0 Å². The van der Waals surface area contributed by atoms with E-state index >= 15 is 0 Å². The van der Waals surface area contributed by atoms with Crippen molar-refractivity contribution >= 4 is 0 Å². The smallest absolute Gasteiger partial charge is 0.110 e. The second-order valence-electron chi connectivity index (χ2n) is 2.15. The Bertz CT molecular complexity index is 111. The molecule has 0 amide bonds. The first-order chi connectivity index (χ1) is 5.18. The first-order valence-corrected chi connectivity index (χ1v) is 3.43. The van der Waals surface area contributed by atoms with E-state index in [2.05, 4.69) is 0 Å². The lowest BCUT2D eigenvalue weighted by molar-refractivity contribution is 0.0592. The summed E-state index contributed by atoms with van der Waals surface area (Å²) >= 11 is 0. The van der Waals surface area contributed by atoms with Gasteiger partial charge >= 0.3 is 0 Å². The number of ether oxygens (including phenoxy) is 1. The van der Waals surface area contributed by atoms with Gasteiger partial charge < -0.3 is 20.1 Å². The van der Waals surface area contributed by atoms with Gasteiger partial charge in [-0.25, -0.2) is 0 Å². The van der Waals surface area contributed by atoms with Crippen LogP contribution in [-0.2, 0) is 4.74 Å². The summed E-state index contributed by atoms with van der Waals surface area (Å²) in [5, 5.41) is 26.0. The third kappa shape index (κ3) is 5.84. The highest BCUT2D eigenvalue weighted by Crippen LogP contribution is 1.93. The molecule has 4 heteroatoms. The Kier molecular flexibility index (Phi) is 5.83. The maximum absolute atomic E-state index is 8.95. The van der Waals surface area contributed by atoms with Crippen LogP contribution < -0.4 is 0 Å². The Morgan fingerprint density at radius 2 is 2.09 bits per heavy atom. The van der Waals surface area contributed by atoms with Gasteiger partial charge in [-0.3, -0.25) is 0 Å². The fourth-order valence-electron chi connectivity index (χ4n) is 0.418. The SMILES string of the molecule is C[C@@H](O)C(O)/C=C\OCCO. The molecule has 0 aromatic heterocycles. The predicted octanol–water partition coefficient (Wildman–Crippen LogP) is -0.749. The highest BCUT2D eigenvalue weighted by Gasteiger charge is 2.04. The van der Waals surface area contributed by atoms with Crippen molar-refractivity contribution in [3.8, 4) is 0 Å².